The molecule has 2 N–H and O–H groups in total. The number of carbonyl (C=O) groups is 2. The Balaban J connectivity index is 1.40. The Hall–Kier alpha value is -2.43. The fraction of sp³-hybridized carbons (Fsp3) is 0.500. The highest BCUT2D eigenvalue weighted by Crippen LogP contribution is 2.28. The molecule has 33 heavy (non-hydrogen) atoms. The van der Waals surface area contributed by atoms with Crippen molar-refractivity contribution >= 4 is 39.4 Å². The molecule has 0 unspecified atom stereocenters. The quantitative estimate of drug-likeness (QED) is 0.641. The summed E-state index contributed by atoms with van der Waals surface area (Å²) in [4.78, 5) is 33.7. The molecule has 2 fully saturated rings. The maximum Gasteiger partial charge on any atom is 0.259 e. The Morgan fingerprint density at radius 1 is 1.12 bits per heavy atom. The number of imidazole rings is 1. The minimum atomic E-state index is -3.84. The minimum absolute atomic E-state index is 0.0153. The number of carbonyl (C=O) groups excluding carboxylic acids is 2. The number of sulfonamides is 1. The fourth-order valence-electron chi connectivity index (χ4n) is 4.44. The van der Waals surface area contributed by atoms with Crippen LogP contribution >= 0.6 is 11.6 Å². The maximum atomic E-state index is 13.2. The lowest BCUT2D eigenvalue weighted by Gasteiger charge is -2.35. The predicted octanol–water partition coefficient (Wildman–Crippen LogP) is 3.12. The summed E-state index contributed by atoms with van der Waals surface area (Å²) >= 11 is 6.16. The second-order valence-corrected chi connectivity index (χ2v) is 10.9. The van der Waals surface area contributed by atoms with Crippen LogP contribution < -0.4 is 5.32 Å². The monoisotopic (exact) mass is 493 g/mol. The van der Waals surface area contributed by atoms with Crippen molar-refractivity contribution < 1.29 is 18.0 Å². The Morgan fingerprint density at radius 3 is 2.52 bits per heavy atom. The number of aromatic amines is 1. The average Bonchev–Trinajstić information content (AvgIpc) is 3.33. The van der Waals surface area contributed by atoms with Gasteiger partial charge in [0.25, 0.3) is 5.91 Å². The normalized spacial score (nSPS) is 18.3. The predicted molar refractivity (Wildman–Crippen MR) is 125 cm³/mol. The van der Waals surface area contributed by atoms with Crippen molar-refractivity contribution in [3.63, 3.8) is 0 Å². The van der Waals surface area contributed by atoms with Gasteiger partial charge in [-0.1, -0.05) is 30.9 Å². The van der Waals surface area contributed by atoms with Crippen molar-refractivity contribution in [2.45, 2.75) is 43.4 Å². The van der Waals surface area contributed by atoms with Gasteiger partial charge in [-0.2, -0.15) is 4.31 Å². The summed E-state index contributed by atoms with van der Waals surface area (Å²) in [5, 5.41) is 2.68. The van der Waals surface area contributed by atoms with E-state index in [0.29, 0.717) is 25.4 Å². The SMILES string of the molecule is O=C(Nc1ncc[nH]1)c1cc(S(=O)(=O)N2CCN(C(=O)CC3CCCCC3)CC2)ccc1Cl. The number of amides is 2. The number of aromatic nitrogens is 2. The van der Waals surface area contributed by atoms with Gasteiger partial charge in [-0.15, -0.1) is 0 Å². The second-order valence-electron chi connectivity index (χ2n) is 8.53. The molecule has 1 aromatic heterocycles. The molecule has 2 aliphatic rings. The number of hydrogen-bond acceptors (Lipinski definition) is 5. The number of anilines is 1. The van der Waals surface area contributed by atoms with Crippen LogP contribution in [0.15, 0.2) is 35.5 Å². The van der Waals surface area contributed by atoms with E-state index in [4.69, 9.17) is 11.6 Å². The minimum Gasteiger partial charge on any atom is -0.340 e. The van der Waals surface area contributed by atoms with Crippen LogP contribution in [0, 0.1) is 5.92 Å². The first-order chi connectivity index (χ1) is 15.8. The Labute approximate surface area is 198 Å². The number of hydrogen-bond donors (Lipinski definition) is 2. The number of nitrogens with one attached hydrogen (secondary N) is 2. The maximum absolute atomic E-state index is 13.2. The highest BCUT2D eigenvalue weighted by molar-refractivity contribution is 7.89. The van der Waals surface area contributed by atoms with Crippen molar-refractivity contribution in [3.8, 4) is 0 Å². The van der Waals surface area contributed by atoms with Crippen LogP contribution in [-0.2, 0) is 14.8 Å². The van der Waals surface area contributed by atoms with Gasteiger partial charge in [-0.05, 0) is 37.0 Å². The molecule has 1 saturated carbocycles. The molecule has 0 radical (unpaired) electrons. The van der Waals surface area contributed by atoms with E-state index in [1.807, 2.05) is 0 Å². The molecular weight excluding hydrogens is 466 g/mol. The van der Waals surface area contributed by atoms with Gasteiger partial charge in [-0.25, -0.2) is 13.4 Å². The first-order valence-corrected chi connectivity index (χ1v) is 13.0. The molecule has 2 amide bonds. The average molecular weight is 494 g/mol. The molecule has 178 valence electrons. The van der Waals surface area contributed by atoms with Crippen LogP contribution in [0.25, 0.3) is 0 Å². The molecular formula is C22H28ClN5O4S. The summed E-state index contributed by atoms with van der Waals surface area (Å²) in [5.41, 5.74) is 0.0374. The summed E-state index contributed by atoms with van der Waals surface area (Å²) in [6, 6.07) is 4.06. The second kappa shape index (κ2) is 10.2. The van der Waals surface area contributed by atoms with E-state index in [9.17, 15) is 18.0 Å². The van der Waals surface area contributed by atoms with Crippen molar-refractivity contribution in [1.29, 1.82) is 0 Å². The Kier molecular flexibility index (Phi) is 7.35. The highest BCUT2D eigenvalue weighted by atomic mass is 35.5. The largest absolute Gasteiger partial charge is 0.340 e. The van der Waals surface area contributed by atoms with Crippen molar-refractivity contribution in [1.82, 2.24) is 19.2 Å². The lowest BCUT2D eigenvalue weighted by molar-refractivity contribution is -0.133. The molecule has 2 aromatic rings. The fourth-order valence-corrected chi connectivity index (χ4v) is 6.09. The van der Waals surface area contributed by atoms with Gasteiger partial charge in [0.2, 0.25) is 21.9 Å². The van der Waals surface area contributed by atoms with Gasteiger partial charge in [-0.3, -0.25) is 14.9 Å². The molecule has 0 bridgehead atoms. The summed E-state index contributed by atoms with van der Waals surface area (Å²) < 4.78 is 27.8. The van der Waals surface area contributed by atoms with Crippen molar-refractivity contribution in [2.75, 3.05) is 31.5 Å². The van der Waals surface area contributed by atoms with Crippen LogP contribution in [0.3, 0.4) is 0 Å². The van der Waals surface area contributed by atoms with Crippen LogP contribution in [0.2, 0.25) is 5.02 Å². The molecule has 1 saturated heterocycles. The van der Waals surface area contributed by atoms with Gasteiger partial charge in [0, 0.05) is 45.0 Å². The number of halogens is 1. The van der Waals surface area contributed by atoms with Crippen LogP contribution in [0.1, 0.15) is 48.9 Å². The van der Waals surface area contributed by atoms with E-state index in [2.05, 4.69) is 15.3 Å². The Bertz CT molecular complexity index is 1090. The number of nitrogens with zero attached hydrogens (tertiary/aromatic N) is 3. The van der Waals surface area contributed by atoms with E-state index in [1.165, 1.54) is 48.0 Å². The van der Waals surface area contributed by atoms with Gasteiger partial charge in [0.1, 0.15) is 0 Å². The smallest absolute Gasteiger partial charge is 0.259 e. The van der Waals surface area contributed by atoms with Crippen molar-refractivity contribution in [2.24, 2.45) is 5.92 Å². The van der Waals surface area contributed by atoms with E-state index in [-0.39, 0.29) is 40.4 Å². The van der Waals surface area contributed by atoms with Gasteiger partial charge >= 0.3 is 0 Å². The molecule has 1 aliphatic heterocycles. The lowest BCUT2D eigenvalue weighted by atomic mass is 9.86. The zero-order valence-corrected chi connectivity index (χ0v) is 19.9. The molecule has 4 rings (SSSR count). The summed E-state index contributed by atoms with van der Waals surface area (Å²) in [7, 11) is -3.84. The van der Waals surface area contributed by atoms with E-state index >= 15 is 0 Å². The van der Waals surface area contributed by atoms with Gasteiger partial charge in [0.15, 0.2) is 0 Å². The zero-order valence-electron chi connectivity index (χ0n) is 18.3. The van der Waals surface area contributed by atoms with E-state index < -0.39 is 15.9 Å². The van der Waals surface area contributed by atoms with Crippen LogP contribution in [0.4, 0.5) is 5.95 Å². The molecule has 2 heterocycles. The summed E-state index contributed by atoms with van der Waals surface area (Å²) in [5.74, 6) is 0.235. The number of benzene rings is 1. The standard InChI is InChI=1S/C22H28ClN5O4S/c23-19-7-6-17(15-18(19)21(30)26-22-24-8-9-25-22)33(31,32)28-12-10-27(11-13-28)20(29)14-16-4-2-1-3-5-16/h6-9,15-16H,1-5,10-14H2,(H2,24,25,26,30). The van der Waals surface area contributed by atoms with E-state index in [0.717, 1.165) is 12.8 Å². The third kappa shape index (κ3) is 5.56. The van der Waals surface area contributed by atoms with Crippen LogP contribution in [-0.4, -0.2) is 65.6 Å². The van der Waals surface area contributed by atoms with Gasteiger partial charge in [0.05, 0.1) is 15.5 Å². The van der Waals surface area contributed by atoms with E-state index in [1.54, 1.807) is 11.1 Å². The van der Waals surface area contributed by atoms with Crippen LogP contribution in [0.5, 0.6) is 0 Å². The summed E-state index contributed by atoms with van der Waals surface area (Å²) in [6.45, 7) is 1.17. The molecule has 0 spiro atoms. The highest BCUT2D eigenvalue weighted by Gasteiger charge is 2.31. The first kappa shape index (κ1) is 23.7. The lowest BCUT2D eigenvalue weighted by Crippen LogP contribution is -2.50. The molecule has 1 aromatic carbocycles. The number of H-pyrrole nitrogens is 1. The molecule has 11 heteroatoms. The third-order valence-electron chi connectivity index (χ3n) is 6.33. The first-order valence-electron chi connectivity index (χ1n) is 11.2. The number of rotatable bonds is 6. The Morgan fingerprint density at radius 2 is 1.85 bits per heavy atom. The summed E-state index contributed by atoms with van der Waals surface area (Å²) in [6.07, 6.45) is 9.42. The molecule has 9 nitrogen and oxygen atoms in total. The zero-order chi connectivity index (χ0) is 23.4. The van der Waals surface area contributed by atoms with Crippen molar-refractivity contribution in [3.05, 3.63) is 41.2 Å². The molecule has 1 aliphatic carbocycles. The van der Waals surface area contributed by atoms with Gasteiger partial charge < -0.3 is 9.88 Å². The molecule has 0 atom stereocenters. The topological polar surface area (TPSA) is 115 Å². The third-order valence-corrected chi connectivity index (χ3v) is 8.55. The number of piperazine rings is 1.